The molecular weight excluding hydrogens is 248 g/mol. The largest absolute Gasteiger partial charge is 0.396 e. The van der Waals surface area contributed by atoms with Crippen molar-refractivity contribution < 1.29 is 4.79 Å². The number of nitrogens with two attached hydrogens (primary N) is 1. The van der Waals surface area contributed by atoms with Crippen LogP contribution >= 0.6 is 11.3 Å². The molecule has 0 aromatic carbocycles. The van der Waals surface area contributed by atoms with E-state index in [2.05, 4.69) is 21.9 Å². The van der Waals surface area contributed by atoms with E-state index in [1.54, 1.807) is 18.5 Å². The Hall–Kier alpha value is -1.95. The Morgan fingerprint density at radius 3 is 3.00 bits per heavy atom. The number of amides is 1. The molecule has 18 heavy (non-hydrogen) atoms. The van der Waals surface area contributed by atoms with Crippen LogP contribution in [-0.2, 0) is 0 Å². The first-order chi connectivity index (χ1) is 8.63. The highest BCUT2D eigenvalue weighted by Gasteiger charge is 2.18. The number of fused-ring (bicyclic) bond motifs is 1. The van der Waals surface area contributed by atoms with Gasteiger partial charge in [0.15, 0.2) is 0 Å². The van der Waals surface area contributed by atoms with Crippen molar-refractivity contribution in [1.29, 1.82) is 0 Å². The van der Waals surface area contributed by atoms with Crippen molar-refractivity contribution in [1.82, 2.24) is 15.3 Å². The van der Waals surface area contributed by atoms with Gasteiger partial charge in [0.1, 0.15) is 15.2 Å². The Balaban J connectivity index is 2.28. The lowest BCUT2D eigenvalue weighted by Crippen LogP contribution is -2.31. The highest BCUT2D eigenvalue weighted by molar-refractivity contribution is 7.21. The second-order valence-electron chi connectivity index (χ2n) is 3.95. The number of thiophene rings is 1. The molecule has 2 aromatic heterocycles. The summed E-state index contributed by atoms with van der Waals surface area (Å²) in [5.74, 6) is -0.188. The van der Waals surface area contributed by atoms with E-state index in [9.17, 15) is 4.79 Å². The van der Waals surface area contributed by atoms with Gasteiger partial charge in [-0.05, 0) is 13.3 Å². The third-order valence-electron chi connectivity index (χ3n) is 2.47. The second-order valence-corrected chi connectivity index (χ2v) is 4.95. The Morgan fingerprint density at radius 1 is 1.61 bits per heavy atom. The number of hydrogen-bond donors (Lipinski definition) is 2. The molecule has 0 saturated heterocycles. The molecule has 2 heterocycles. The molecule has 2 rings (SSSR count). The van der Waals surface area contributed by atoms with Gasteiger partial charge in [0.2, 0.25) is 0 Å². The van der Waals surface area contributed by atoms with E-state index in [1.165, 1.54) is 11.3 Å². The van der Waals surface area contributed by atoms with Crippen LogP contribution in [0.3, 0.4) is 0 Å². The van der Waals surface area contributed by atoms with Crippen LogP contribution in [0.15, 0.2) is 25.0 Å². The van der Waals surface area contributed by atoms with Crippen LogP contribution in [-0.4, -0.2) is 21.9 Å². The predicted octanol–water partition coefficient (Wildman–Crippen LogP) is 1.97. The molecular formula is C12H14N4OS. The van der Waals surface area contributed by atoms with Crippen LogP contribution in [0.5, 0.6) is 0 Å². The summed E-state index contributed by atoms with van der Waals surface area (Å²) in [6, 6.07) is 0.0283. The van der Waals surface area contributed by atoms with E-state index in [1.807, 2.05) is 6.92 Å². The molecule has 0 aliphatic carbocycles. The van der Waals surface area contributed by atoms with E-state index in [-0.39, 0.29) is 11.9 Å². The summed E-state index contributed by atoms with van der Waals surface area (Å²) in [7, 11) is 0. The summed E-state index contributed by atoms with van der Waals surface area (Å²) in [5.41, 5.74) is 6.90. The maximum absolute atomic E-state index is 12.0. The molecule has 6 heteroatoms. The second kappa shape index (κ2) is 5.14. The molecule has 5 nitrogen and oxygen atoms in total. The van der Waals surface area contributed by atoms with Gasteiger partial charge in [0.25, 0.3) is 5.91 Å². The lowest BCUT2D eigenvalue weighted by molar-refractivity contribution is 0.0945. The fourth-order valence-electron chi connectivity index (χ4n) is 1.61. The zero-order valence-corrected chi connectivity index (χ0v) is 10.8. The standard InChI is InChI=1S/C12H14N4OS/c1-3-4-7(2)16-11(17)10-8(13)9-12(18-10)15-6-5-14-9/h3,5-7H,1,4,13H2,2H3,(H,16,17). The molecule has 94 valence electrons. The zero-order chi connectivity index (χ0) is 13.1. The molecule has 3 N–H and O–H groups in total. The van der Waals surface area contributed by atoms with Gasteiger partial charge >= 0.3 is 0 Å². The first-order valence-corrected chi connectivity index (χ1v) is 6.36. The van der Waals surface area contributed by atoms with Gasteiger partial charge in [-0.2, -0.15) is 0 Å². The Morgan fingerprint density at radius 2 is 2.33 bits per heavy atom. The smallest absolute Gasteiger partial charge is 0.263 e. The molecule has 0 saturated carbocycles. The van der Waals surface area contributed by atoms with Gasteiger partial charge in [0.05, 0.1) is 5.69 Å². The number of nitrogens with one attached hydrogen (secondary N) is 1. The molecule has 2 aromatic rings. The third-order valence-corrected chi connectivity index (χ3v) is 3.57. The number of carbonyl (C=O) groups is 1. The maximum atomic E-state index is 12.0. The SMILES string of the molecule is C=CCC(C)NC(=O)c1sc2nccnc2c1N. The highest BCUT2D eigenvalue weighted by Crippen LogP contribution is 2.30. The first kappa shape index (κ1) is 12.5. The van der Waals surface area contributed by atoms with E-state index >= 15 is 0 Å². The average molecular weight is 262 g/mol. The molecule has 1 amide bonds. The van der Waals surface area contributed by atoms with Gasteiger partial charge < -0.3 is 11.1 Å². The number of carbonyl (C=O) groups excluding carboxylic acids is 1. The monoisotopic (exact) mass is 262 g/mol. The minimum Gasteiger partial charge on any atom is -0.396 e. The van der Waals surface area contributed by atoms with Gasteiger partial charge in [-0.1, -0.05) is 6.08 Å². The van der Waals surface area contributed by atoms with Crippen molar-refractivity contribution in [2.75, 3.05) is 5.73 Å². The third kappa shape index (κ3) is 2.33. The van der Waals surface area contributed by atoms with Crippen LogP contribution in [0.1, 0.15) is 23.0 Å². The summed E-state index contributed by atoms with van der Waals surface area (Å²) in [4.78, 5) is 21.5. The minimum atomic E-state index is -0.188. The van der Waals surface area contributed by atoms with Crippen LogP contribution in [0.25, 0.3) is 10.3 Å². The molecule has 0 aliphatic heterocycles. The summed E-state index contributed by atoms with van der Waals surface area (Å²) in [5, 5.41) is 2.86. The average Bonchev–Trinajstić information content (AvgIpc) is 2.68. The number of aromatic nitrogens is 2. The maximum Gasteiger partial charge on any atom is 0.263 e. The van der Waals surface area contributed by atoms with Crippen molar-refractivity contribution in [3.05, 3.63) is 29.9 Å². The number of anilines is 1. The topological polar surface area (TPSA) is 80.9 Å². The Labute approximate surface area is 109 Å². The quantitative estimate of drug-likeness (QED) is 0.825. The highest BCUT2D eigenvalue weighted by atomic mass is 32.1. The predicted molar refractivity (Wildman–Crippen MR) is 73.6 cm³/mol. The summed E-state index contributed by atoms with van der Waals surface area (Å²) in [6.07, 6.45) is 5.63. The van der Waals surface area contributed by atoms with Crippen molar-refractivity contribution in [2.24, 2.45) is 0 Å². The van der Waals surface area contributed by atoms with Gasteiger partial charge in [-0.15, -0.1) is 17.9 Å². The molecule has 1 unspecified atom stereocenters. The van der Waals surface area contributed by atoms with Crippen molar-refractivity contribution >= 4 is 33.3 Å². The number of rotatable bonds is 4. The Kier molecular flexibility index (Phi) is 3.57. The number of hydrogen-bond acceptors (Lipinski definition) is 5. The van der Waals surface area contributed by atoms with Crippen LogP contribution in [0.4, 0.5) is 5.69 Å². The minimum absolute atomic E-state index is 0.0283. The molecule has 0 spiro atoms. The summed E-state index contributed by atoms with van der Waals surface area (Å²) in [6.45, 7) is 5.56. The number of nitrogen functional groups attached to an aromatic ring is 1. The lowest BCUT2D eigenvalue weighted by Gasteiger charge is -2.10. The van der Waals surface area contributed by atoms with Crippen LogP contribution in [0, 0.1) is 0 Å². The van der Waals surface area contributed by atoms with E-state index in [4.69, 9.17) is 5.73 Å². The van der Waals surface area contributed by atoms with Gasteiger partial charge in [0, 0.05) is 18.4 Å². The fraction of sp³-hybridized carbons (Fsp3) is 0.250. The van der Waals surface area contributed by atoms with E-state index < -0.39 is 0 Å². The molecule has 0 bridgehead atoms. The van der Waals surface area contributed by atoms with Crippen molar-refractivity contribution in [2.45, 2.75) is 19.4 Å². The summed E-state index contributed by atoms with van der Waals surface area (Å²) < 4.78 is 0. The fourth-order valence-corrected chi connectivity index (χ4v) is 2.54. The van der Waals surface area contributed by atoms with Crippen LogP contribution in [0.2, 0.25) is 0 Å². The number of nitrogens with zero attached hydrogens (tertiary/aromatic N) is 2. The van der Waals surface area contributed by atoms with Gasteiger partial charge in [-0.3, -0.25) is 4.79 Å². The first-order valence-electron chi connectivity index (χ1n) is 5.54. The molecule has 1 atom stereocenters. The van der Waals surface area contributed by atoms with Crippen molar-refractivity contribution in [3.8, 4) is 0 Å². The van der Waals surface area contributed by atoms with Crippen LogP contribution < -0.4 is 11.1 Å². The zero-order valence-electron chi connectivity index (χ0n) is 10.0. The lowest BCUT2D eigenvalue weighted by atomic mass is 10.2. The molecule has 0 aliphatic rings. The molecule has 0 radical (unpaired) electrons. The van der Waals surface area contributed by atoms with Gasteiger partial charge in [-0.25, -0.2) is 9.97 Å². The Bertz CT molecular complexity index is 593. The molecule has 0 fully saturated rings. The van der Waals surface area contributed by atoms with E-state index in [0.717, 1.165) is 0 Å². The summed E-state index contributed by atoms with van der Waals surface area (Å²) >= 11 is 1.26. The van der Waals surface area contributed by atoms with Crippen molar-refractivity contribution in [3.63, 3.8) is 0 Å². The van der Waals surface area contributed by atoms with E-state index in [0.29, 0.717) is 27.3 Å². The normalized spacial score (nSPS) is 12.3.